The number of methoxy groups -OCH3 is 1. The third kappa shape index (κ3) is 9.23. The van der Waals surface area contributed by atoms with Gasteiger partial charge in [-0.25, -0.2) is 8.42 Å². The van der Waals surface area contributed by atoms with Crippen molar-refractivity contribution >= 4 is 39.1 Å². The number of benzene rings is 3. The Hall–Kier alpha value is -3.56. The molecule has 0 aliphatic rings. The molecule has 41 heavy (non-hydrogen) atoms. The second kappa shape index (κ2) is 13.4. The van der Waals surface area contributed by atoms with Crippen molar-refractivity contribution in [1.29, 1.82) is 0 Å². The zero-order valence-electron chi connectivity index (χ0n) is 24.3. The summed E-state index contributed by atoms with van der Waals surface area (Å²) >= 11 is 6.12. The van der Waals surface area contributed by atoms with Gasteiger partial charge >= 0.3 is 0 Å². The third-order valence-electron chi connectivity index (χ3n) is 6.36. The van der Waals surface area contributed by atoms with Gasteiger partial charge in [0, 0.05) is 23.5 Å². The van der Waals surface area contributed by atoms with E-state index < -0.39 is 34.1 Å². The number of nitrogens with zero attached hydrogens (tertiary/aromatic N) is 2. The van der Waals surface area contributed by atoms with E-state index in [0.717, 1.165) is 21.7 Å². The van der Waals surface area contributed by atoms with Gasteiger partial charge in [0.15, 0.2) is 0 Å². The van der Waals surface area contributed by atoms with Gasteiger partial charge in [-0.2, -0.15) is 0 Å². The minimum atomic E-state index is -3.88. The molecule has 0 radical (unpaired) electrons. The molecule has 3 aromatic carbocycles. The first-order chi connectivity index (χ1) is 19.2. The molecule has 0 aliphatic heterocycles. The average molecular weight is 600 g/mol. The Morgan fingerprint density at radius 3 is 2.22 bits per heavy atom. The molecule has 8 nitrogen and oxygen atoms in total. The predicted molar refractivity (Wildman–Crippen MR) is 164 cm³/mol. The van der Waals surface area contributed by atoms with Crippen LogP contribution in [0.25, 0.3) is 0 Å². The number of carbonyl (C=O) groups excluding carboxylic acids is 2. The summed E-state index contributed by atoms with van der Waals surface area (Å²) in [5.74, 6) is -0.271. The summed E-state index contributed by atoms with van der Waals surface area (Å²) in [7, 11) is -2.33. The van der Waals surface area contributed by atoms with Crippen molar-refractivity contribution in [2.24, 2.45) is 0 Å². The highest BCUT2D eigenvalue weighted by atomic mass is 35.5. The molecule has 1 atom stereocenters. The van der Waals surface area contributed by atoms with Crippen LogP contribution >= 0.6 is 11.6 Å². The molecular weight excluding hydrogens is 562 g/mol. The maximum absolute atomic E-state index is 14.2. The number of carbonyl (C=O) groups is 2. The van der Waals surface area contributed by atoms with E-state index in [0.29, 0.717) is 22.0 Å². The van der Waals surface area contributed by atoms with E-state index >= 15 is 0 Å². The lowest BCUT2D eigenvalue weighted by Gasteiger charge is -2.35. The van der Waals surface area contributed by atoms with Gasteiger partial charge < -0.3 is 15.0 Å². The fraction of sp³-hybridized carbons (Fsp3) is 0.355. The van der Waals surface area contributed by atoms with Crippen molar-refractivity contribution in [2.75, 3.05) is 24.2 Å². The van der Waals surface area contributed by atoms with E-state index in [1.165, 1.54) is 4.90 Å². The number of ether oxygens (including phenoxy) is 1. The molecule has 0 bridgehead atoms. The van der Waals surface area contributed by atoms with Crippen LogP contribution in [0.15, 0.2) is 72.8 Å². The highest BCUT2D eigenvalue weighted by Crippen LogP contribution is 2.27. The van der Waals surface area contributed by atoms with Crippen LogP contribution in [-0.4, -0.2) is 56.6 Å². The quantitative estimate of drug-likeness (QED) is 0.335. The van der Waals surface area contributed by atoms with Gasteiger partial charge in [-0.3, -0.25) is 13.9 Å². The van der Waals surface area contributed by atoms with E-state index in [4.69, 9.17) is 16.3 Å². The maximum Gasteiger partial charge on any atom is 0.244 e. The monoisotopic (exact) mass is 599 g/mol. The Morgan fingerprint density at radius 1 is 0.976 bits per heavy atom. The molecule has 0 fully saturated rings. The minimum Gasteiger partial charge on any atom is -0.497 e. The summed E-state index contributed by atoms with van der Waals surface area (Å²) in [5, 5.41) is 3.46. The number of anilines is 1. The minimum absolute atomic E-state index is 0.0578. The van der Waals surface area contributed by atoms with Crippen molar-refractivity contribution in [2.45, 2.75) is 52.2 Å². The van der Waals surface area contributed by atoms with Crippen LogP contribution in [0.3, 0.4) is 0 Å². The molecule has 2 amide bonds. The highest BCUT2D eigenvalue weighted by molar-refractivity contribution is 7.92. The van der Waals surface area contributed by atoms with Gasteiger partial charge in [0.25, 0.3) is 0 Å². The number of aryl methyl sites for hydroxylation is 1. The first-order valence-corrected chi connectivity index (χ1v) is 15.4. The molecule has 10 heteroatoms. The molecule has 3 rings (SSSR count). The Labute approximate surface area is 248 Å². The van der Waals surface area contributed by atoms with Crippen molar-refractivity contribution < 1.29 is 22.7 Å². The number of hydrogen-bond donors (Lipinski definition) is 1. The van der Waals surface area contributed by atoms with Crippen LogP contribution in [0.1, 0.15) is 37.5 Å². The van der Waals surface area contributed by atoms with Gasteiger partial charge in [-0.1, -0.05) is 54.1 Å². The Bertz CT molecular complexity index is 1470. The van der Waals surface area contributed by atoms with Crippen LogP contribution in [0, 0.1) is 6.92 Å². The summed E-state index contributed by atoms with van der Waals surface area (Å²) in [4.78, 5) is 29.4. The molecule has 0 unspecified atom stereocenters. The Kier molecular flexibility index (Phi) is 10.4. The summed E-state index contributed by atoms with van der Waals surface area (Å²) in [6, 6.07) is 20.5. The Balaban J connectivity index is 2.11. The van der Waals surface area contributed by atoms with E-state index in [9.17, 15) is 18.0 Å². The van der Waals surface area contributed by atoms with Crippen molar-refractivity contribution in [3.05, 3.63) is 94.5 Å². The fourth-order valence-corrected chi connectivity index (χ4v) is 5.60. The molecule has 0 saturated heterocycles. The number of hydrogen-bond acceptors (Lipinski definition) is 5. The second-order valence-corrected chi connectivity index (χ2v) is 13.4. The molecule has 3 aromatic rings. The van der Waals surface area contributed by atoms with Crippen LogP contribution in [0.4, 0.5) is 5.69 Å². The van der Waals surface area contributed by atoms with Crippen LogP contribution in [-0.2, 0) is 32.6 Å². The first-order valence-electron chi connectivity index (χ1n) is 13.2. The molecular formula is C31H38ClN3O5S. The SMILES string of the molecule is COc1cccc(CN(C(=O)CN(c2ccc(Cl)cc2C)S(C)(=O)=O)[C@H](Cc2ccccc2)C(=O)NC(C)(C)C)c1. The van der Waals surface area contributed by atoms with E-state index in [1.54, 1.807) is 50.4 Å². The van der Waals surface area contributed by atoms with Gasteiger partial charge in [-0.15, -0.1) is 0 Å². The normalized spacial score (nSPS) is 12.4. The average Bonchev–Trinajstić information content (AvgIpc) is 2.88. The Morgan fingerprint density at radius 2 is 1.63 bits per heavy atom. The van der Waals surface area contributed by atoms with E-state index in [1.807, 2.05) is 57.2 Å². The predicted octanol–water partition coefficient (Wildman–Crippen LogP) is 4.98. The molecule has 0 spiro atoms. The number of halogens is 1. The summed E-state index contributed by atoms with van der Waals surface area (Å²) in [5.41, 5.74) is 1.97. The van der Waals surface area contributed by atoms with E-state index in [-0.39, 0.29) is 18.9 Å². The number of sulfonamides is 1. The lowest BCUT2D eigenvalue weighted by Crippen LogP contribution is -2.56. The summed E-state index contributed by atoms with van der Waals surface area (Å²) in [6.45, 7) is 6.89. The number of nitrogens with one attached hydrogen (secondary N) is 1. The maximum atomic E-state index is 14.2. The number of rotatable bonds is 11. The van der Waals surface area contributed by atoms with Gasteiger partial charge in [-0.05, 0) is 74.7 Å². The molecule has 0 aromatic heterocycles. The van der Waals surface area contributed by atoms with Crippen molar-refractivity contribution in [1.82, 2.24) is 10.2 Å². The van der Waals surface area contributed by atoms with Gasteiger partial charge in [0.1, 0.15) is 18.3 Å². The standard InChI is InChI=1S/C31H38ClN3O5S/c1-22-17-25(32)15-16-27(22)35(41(6,38)39)21-29(36)34(20-24-13-10-14-26(18-24)40-5)28(30(37)33-31(2,3)4)19-23-11-8-7-9-12-23/h7-18,28H,19-21H2,1-6H3,(H,33,37)/t28-/m1/s1. The lowest BCUT2D eigenvalue weighted by molar-refractivity contribution is -0.140. The van der Waals surface area contributed by atoms with Crippen LogP contribution in [0.2, 0.25) is 5.02 Å². The van der Waals surface area contributed by atoms with E-state index in [2.05, 4.69) is 5.32 Å². The molecule has 0 saturated carbocycles. The van der Waals surface area contributed by atoms with Crippen molar-refractivity contribution in [3.8, 4) is 5.75 Å². The molecule has 0 aliphatic carbocycles. The van der Waals surface area contributed by atoms with Crippen LogP contribution in [0.5, 0.6) is 5.75 Å². The first kappa shape index (κ1) is 32.0. The largest absolute Gasteiger partial charge is 0.497 e. The summed E-state index contributed by atoms with van der Waals surface area (Å²) in [6.07, 6.45) is 1.28. The van der Waals surface area contributed by atoms with Gasteiger partial charge in [0.05, 0.1) is 19.1 Å². The fourth-order valence-electron chi connectivity index (χ4n) is 4.47. The molecule has 1 N–H and O–H groups in total. The summed E-state index contributed by atoms with van der Waals surface area (Å²) < 4.78 is 32.4. The molecule has 220 valence electrons. The van der Waals surface area contributed by atoms with Crippen molar-refractivity contribution in [3.63, 3.8) is 0 Å². The number of amides is 2. The zero-order valence-corrected chi connectivity index (χ0v) is 25.9. The van der Waals surface area contributed by atoms with Crippen LogP contribution < -0.4 is 14.4 Å². The topological polar surface area (TPSA) is 96.0 Å². The third-order valence-corrected chi connectivity index (χ3v) is 7.72. The highest BCUT2D eigenvalue weighted by Gasteiger charge is 2.34. The second-order valence-electron chi connectivity index (χ2n) is 11.0. The molecule has 0 heterocycles. The smallest absolute Gasteiger partial charge is 0.244 e. The lowest BCUT2D eigenvalue weighted by atomic mass is 10.0. The van der Waals surface area contributed by atoms with Gasteiger partial charge in [0.2, 0.25) is 21.8 Å². The zero-order chi connectivity index (χ0) is 30.4.